The molecule has 92 valence electrons. The molecule has 0 bridgehead atoms. The molecule has 0 aliphatic heterocycles. The van der Waals surface area contributed by atoms with Gasteiger partial charge >= 0.3 is 0 Å². The van der Waals surface area contributed by atoms with E-state index in [4.69, 9.17) is 5.73 Å². The highest BCUT2D eigenvalue weighted by atomic mass is 16.1. The van der Waals surface area contributed by atoms with E-state index in [9.17, 15) is 4.79 Å². The molecule has 0 aromatic heterocycles. The van der Waals surface area contributed by atoms with Gasteiger partial charge in [-0.05, 0) is 30.9 Å². The van der Waals surface area contributed by atoms with Crippen molar-refractivity contribution in [1.29, 1.82) is 0 Å². The average molecular weight is 231 g/mol. The first-order valence-corrected chi connectivity index (χ1v) is 6.56. The van der Waals surface area contributed by atoms with Gasteiger partial charge in [-0.1, -0.05) is 38.0 Å². The van der Waals surface area contributed by atoms with Crippen molar-refractivity contribution in [3.63, 3.8) is 0 Å². The predicted molar refractivity (Wildman–Crippen MR) is 70.1 cm³/mol. The zero-order valence-corrected chi connectivity index (χ0v) is 10.5. The lowest BCUT2D eigenvalue weighted by Crippen LogP contribution is -2.44. The molecule has 2 N–H and O–H groups in total. The van der Waals surface area contributed by atoms with Crippen LogP contribution in [0, 0.1) is 5.41 Å². The maximum atomic E-state index is 12.5. The highest BCUT2D eigenvalue weighted by molar-refractivity contribution is 6.01. The number of Topliss-reactive ketones (excluding diaryl/α,β-unsaturated/α-hetero) is 1. The first-order valence-electron chi connectivity index (χ1n) is 6.56. The Hall–Kier alpha value is -1.15. The summed E-state index contributed by atoms with van der Waals surface area (Å²) in [6.07, 6.45) is 5.20. The maximum Gasteiger partial charge on any atom is 0.170 e. The van der Waals surface area contributed by atoms with Gasteiger partial charge in [0.15, 0.2) is 5.78 Å². The molecule has 0 radical (unpaired) electrons. The fourth-order valence-electron chi connectivity index (χ4n) is 2.59. The van der Waals surface area contributed by atoms with Gasteiger partial charge in [-0.3, -0.25) is 4.79 Å². The van der Waals surface area contributed by atoms with Gasteiger partial charge in [0.05, 0.1) is 0 Å². The number of carbonyl (C=O) groups excluding carboxylic acids is 1. The van der Waals surface area contributed by atoms with E-state index in [1.165, 1.54) is 5.56 Å². The topological polar surface area (TPSA) is 43.1 Å². The molecule has 1 aromatic carbocycles. The Morgan fingerprint density at radius 1 is 1.41 bits per heavy atom. The quantitative estimate of drug-likeness (QED) is 0.792. The molecule has 2 heteroatoms. The molecule has 2 rings (SSSR count). The lowest BCUT2D eigenvalue weighted by atomic mass is 9.64. The van der Waals surface area contributed by atoms with Gasteiger partial charge in [0, 0.05) is 17.5 Å². The average Bonchev–Trinajstić information content (AvgIpc) is 2.29. The molecule has 1 aliphatic carbocycles. The summed E-state index contributed by atoms with van der Waals surface area (Å²) in [4.78, 5) is 12.5. The molecule has 2 nitrogen and oxygen atoms in total. The second kappa shape index (κ2) is 5.01. The number of nitrogens with two attached hydrogens (primary N) is 1. The number of hydrogen-bond acceptors (Lipinski definition) is 2. The van der Waals surface area contributed by atoms with Gasteiger partial charge in [0.2, 0.25) is 0 Å². The van der Waals surface area contributed by atoms with E-state index >= 15 is 0 Å². The molecule has 17 heavy (non-hydrogen) atoms. The van der Waals surface area contributed by atoms with Crippen molar-refractivity contribution < 1.29 is 4.79 Å². The van der Waals surface area contributed by atoms with Crippen LogP contribution in [0.4, 0.5) is 0 Å². The number of hydrogen-bond donors (Lipinski definition) is 1. The summed E-state index contributed by atoms with van der Waals surface area (Å²) in [5, 5.41) is 0. The predicted octanol–water partition coefficient (Wildman–Crippen LogP) is 2.95. The van der Waals surface area contributed by atoms with E-state index < -0.39 is 0 Å². The van der Waals surface area contributed by atoms with Crippen molar-refractivity contribution in [1.82, 2.24) is 0 Å². The first-order chi connectivity index (χ1) is 8.22. The molecule has 0 spiro atoms. The van der Waals surface area contributed by atoms with Crippen LogP contribution in [-0.2, 0) is 6.42 Å². The third-order valence-electron chi connectivity index (χ3n) is 3.91. The Morgan fingerprint density at radius 3 is 2.71 bits per heavy atom. The summed E-state index contributed by atoms with van der Waals surface area (Å²) in [6.45, 7) is 2.64. The molecule has 0 amide bonds. The van der Waals surface area contributed by atoms with E-state index in [0.717, 1.165) is 37.7 Å². The summed E-state index contributed by atoms with van der Waals surface area (Å²) >= 11 is 0. The Bertz CT molecular complexity index is 402. The number of aryl methyl sites for hydroxylation is 1. The molecule has 0 atom stereocenters. The van der Waals surface area contributed by atoms with Crippen LogP contribution in [0.2, 0.25) is 0 Å². The third kappa shape index (κ3) is 2.27. The molecule has 0 unspecified atom stereocenters. The summed E-state index contributed by atoms with van der Waals surface area (Å²) in [6, 6.07) is 8.05. The van der Waals surface area contributed by atoms with E-state index in [2.05, 4.69) is 13.0 Å². The standard InChI is InChI=1S/C15H21NO/c1-2-5-12-6-3-7-13(10-12)14(17)15(11-16)8-4-9-15/h3,6-7,10H,2,4-5,8-9,11,16H2,1H3. The van der Waals surface area contributed by atoms with Gasteiger partial charge in [-0.25, -0.2) is 0 Å². The van der Waals surface area contributed by atoms with Crippen LogP contribution in [-0.4, -0.2) is 12.3 Å². The number of ketones is 1. The summed E-state index contributed by atoms with van der Waals surface area (Å²) in [7, 11) is 0. The van der Waals surface area contributed by atoms with Crippen molar-refractivity contribution in [2.45, 2.75) is 39.0 Å². The zero-order chi connectivity index (χ0) is 12.3. The molecular weight excluding hydrogens is 210 g/mol. The van der Waals surface area contributed by atoms with Gasteiger partial charge in [0.1, 0.15) is 0 Å². The number of carbonyl (C=O) groups is 1. The lowest BCUT2D eigenvalue weighted by Gasteiger charge is -2.39. The minimum Gasteiger partial charge on any atom is -0.329 e. The van der Waals surface area contributed by atoms with Crippen molar-refractivity contribution in [2.24, 2.45) is 11.1 Å². The second-order valence-corrected chi connectivity index (χ2v) is 5.12. The van der Waals surface area contributed by atoms with Crippen molar-refractivity contribution in [2.75, 3.05) is 6.54 Å². The first kappa shape index (κ1) is 12.3. The fraction of sp³-hybridized carbons (Fsp3) is 0.533. The number of benzene rings is 1. The van der Waals surface area contributed by atoms with E-state index in [1.807, 2.05) is 18.2 Å². The van der Waals surface area contributed by atoms with Crippen LogP contribution < -0.4 is 5.73 Å². The largest absolute Gasteiger partial charge is 0.329 e. The van der Waals surface area contributed by atoms with Gasteiger partial charge in [-0.15, -0.1) is 0 Å². The van der Waals surface area contributed by atoms with E-state index in [-0.39, 0.29) is 11.2 Å². The third-order valence-corrected chi connectivity index (χ3v) is 3.91. The fourth-order valence-corrected chi connectivity index (χ4v) is 2.59. The van der Waals surface area contributed by atoms with Crippen LogP contribution in [0.1, 0.15) is 48.5 Å². The van der Waals surface area contributed by atoms with Crippen LogP contribution >= 0.6 is 0 Å². The summed E-state index contributed by atoms with van der Waals surface area (Å²) in [5.41, 5.74) is 7.64. The SMILES string of the molecule is CCCc1cccc(C(=O)C2(CN)CCC2)c1. The van der Waals surface area contributed by atoms with Crippen LogP contribution in [0.15, 0.2) is 24.3 Å². The summed E-state index contributed by atoms with van der Waals surface area (Å²) in [5.74, 6) is 0.254. The van der Waals surface area contributed by atoms with Crippen LogP contribution in [0.25, 0.3) is 0 Å². The normalized spacial score (nSPS) is 17.5. The Morgan fingerprint density at radius 2 is 2.18 bits per heavy atom. The van der Waals surface area contributed by atoms with Crippen molar-refractivity contribution in [3.8, 4) is 0 Å². The van der Waals surface area contributed by atoms with Crippen LogP contribution in [0.5, 0.6) is 0 Å². The lowest BCUT2D eigenvalue weighted by molar-refractivity contribution is 0.0636. The van der Waals surface area contributed by atoms with Gasteiger partial charge < -0.3 is 5.73 Å². The summed E-state index contributed by atoms with van der Waals surface area (Å²) < 4.78 is 0. The highest BCUT2D eigenvalue weighted by Crippen LogP contribution is 2.42. The van der Waals surface area contributed by atoms with Crippen molar-refractivity contribution in [3.05, 3.63) is 35.4 Å². The minimum atomic E-state index is -0.245. The molecule has 1 aromatic rings. The monoisotopic (exact) mass is 231 g/mol. The Labute approximate surface area is 103 Å². The molecule has 0 heterocycles. The Balaban J connectivity index is 2.21. The zero-order valence-electron chi connectivity index (χ0n) is 10.5. The second-order valence-electron chi connectivity index (χ2n) is 5.12. The number of rotatable bonds is 5. The molecule has 0 saturated heterocycles. The maximum absolute atomic E-state index is 12.5. The minimum absolute atomic E-state index is 0.245. The molecule has 1 saturated carbocycles. The molecule has 1 aliphatic rings. The van der Waals surface area contributed by atoms with E-state index in [1.54, 1.807) is 0 Å². The molecular formula is C15H21NO. The van der Waals surface area contributed by atoms with Gasteiger partial charge in [0.25, 0.3) is 0 Å². The highest BCUT2D eigenvalue weighted by Gasteiger charge is 2.42. The van der Waals surface area contributed by atoms with Crippen molar-refractivity contribution >= 4 is 5.78 Å². The molecule has 1 fully saturated rings. The van der Waals surface area contributed by atoms with Crippen LogP contribution in [0.3, 0.4) is 0 Å². The smallest absolute Gasteiger partial charge is 0.170 e. The Kier molecular flexibility index (Phi) is 3.63. The van der Waals surface area contributed by atoms with E-state index in [0.29, 0.717) is 6.54 Å². The van der Waals surface area contributed by atoms with Gasteiger partial charge in [-0.2, -0.15) is 0 Å².